The van der Waals surface area contributed by atoms with E-state index in [4.69, 9.17) is 9.47 Å². The monoisotopic (exact) mass is 390 g/mol. The van der Waals surface area contributed by atoms with E-state index in [0.29, 0.717) is 30.3 Å². The van der Waals surface area contributed by atoms with Gasteiger partial charge in [-0.3, -0.25) is 4.79 Å². The minimum absolute atomic E-state index is 0.108. The van der Waals surface area contributed by atoms with Crippen molar-refractivity contribution < 1.29 is 22.7 Å². The summed E-state index contributed by atoms with van der Waals surface area (Å²) in [4.78, 5) is 12.6. The molecular weight excluding hydrogens is 368 g/mol. The highest BCUT2D eigenvalue weighted by atomic mass is 32.2. The minimum Gasteiger partial charge on any atom is -0.485 e. The molecule has 0 spiro atoms. The second-order valence-corrected chi connectivity index (χ2v) is 7.91. The first-order chi connectivity index (χ1) is 13.0. The van der Waals surface area contributed by atoms with Gasteiger partial charge in [0.15, 0.2) is 11.5 Å². The van der Waals surface area contributed by atoms with Crippen LogP contribution in [0.4, 0.5) is 5.69 Å². The number of carbonyl (C=O) groups is 1. The number of hydrogen-bond acceptors (Lipinski definition) is 5. The number of ether oxygens (including phenoxy) is 2. The number of amides is 1. The minimum atomic E-state index is -3.52. The number of benzene rings is 2. The van der Waals surface area contributed by atoms with Gasteiger partial charge in [-0.25, -0.2) is 8.42 Å². The van der Waals surface area contributed by atoms with E-state index in [1.165, 1.54) is 16.4 Å². The summed E-state index contributed by atoms with van der Waals surface area (Å²) in [5.41, 5.74) is 0.487. The quantitative estimate of drug-likeness (QED) is 0.819. The van der Waals surface area contributed by atoms with Crippen LogP contribution in [0.15, 0.2) is 53.4 Å². The van der Waals surface area contributed by atoms with E-state index < -0.39 is 16.1 Å². The smallest absolute Gasteiger partial charge is 0.269 e. The van der Waals surface area contributed by atoms with E-state index in [2.05, 4.69) is 5.32 Å². The molecule has 1 amide bonds. The molecule has 1 aliphatic heterocycles. The fourth-order valence-electron chi connectivity index (χ4n) is 2.79. The number of carbonyl (C=O) groups excluding carboxylic acids is 1. The van der Waals surface area contributed by atoms with E-state index in [1.54, 1.807) is 44.2 Å². The number of anilines is 1. The summed E-state index contributed by atoms with van der Waals surface area (Å²) in [5, 5.41) is 2.73. The molecule has 0 radical (unpaired) electrons. The molecule has 1 heterocycles. The largest absolute Gasteiger partial charge is 0.485 e. The van der Waals surface area contributed by atoms with Crippen molar-refractivity contribution in [3.8, 4) is 11.5 Å². The van der Waals surface area contributed by atoms with E-state index in [1.807, 2.05) is 6.07 Å². The lowest BCUT2D eigenvalue weighted by Gasteiger charge is -2.25. The van der Waals surface area contributed by atoms with Gasteiger partial charge in [-0.2, -0.15) is 4.31 Å². The standard InChI is InChI=1S/C19H22N2O5S/c1-3-21(4-2)27(23,24)15-11-9-14(10-12-15)20-19(22)18-13-25-16-7-5-6-8-17(16)26-18/h5-12,18H,3-4,13H2,1-2H3,(H,20,22)/t18-/m0/s1. The molecule has 3 rings (SSSR count). The molecule has 2 aromatic rings. The second kappa shape index (κ2) is 7.98. The van der Waals surface area contributed by atoms with Gasteiger partial charge in [-0.05, 0) is 36.4 Å². The van der Waals surface area contributed by atoms with Crippen LogP contribution in [-0.4, -0.2) is 44.4 Å². The highest BCUT2D eigenvalue weighted by molar-refractivity contribution is 7.89. The molecule has 0 unspecified atom stereocenters. The molecular formula is C19H22N2O5S. The van der Waals surface area contributed by atoms with Crippen LogP contribution < -0.4 is 14.8 Å². The van der Waals surface area contributed by atoms with Crippen molar-refractivity contribution >= 4 is 21.6 Å². The lowest BCUT2D eigenvalue weighted by atomic mass is 10.2. The van der Waals surface area contributed by atoms with E-state index in [0.717, 1.165) is 0 Å². The molecule has 0 aliphatic carbocycles. The van der Waals surface area contributed by atoms with Gasteiger partial charge in [0, 0.05) is 18.8 Å². The number of rotatable bonds is 6. The molecule has 27 heavy (non-hydrogen) atoms. The van der Waals surface area contributed by atoms with Crippen molar-refractivity contribution in [1.29, 1.82) is 0 Å². The van der Waals surface area contributed by atoms with Crippen molar-refractivity contribution in [2.45, 2.75) is 24.8 Å². The molecule has 1 N–H and O–H groups in total. The number of sulfonamides is 1. The second-order valence-electron chi connectivity index (χ2n) is 5.97. The van der Waals surface area contributed by atoms with Gasteiger partial charge in [0.1, 0.15) is 6.61 Å². The number of nitrogens with zero attached hydrogens (tertiary/aromatic N) is 1. The molecule has 0 aromatic heterocycles. The first kappa shape index (κ1) is 19.2. The third-order valence-electron chi connectivity index (χ3n) is 4.27. The molecule has 2 aromatic carbocycles. The maximum atomic E-state index is 12.5. The van der Waals surface area contributed by atoms with Gasteiger partial charge in [0.2, 0.25) is 16.1 Å². The van der Waals surface area contributed by atoms with Crippen LogP contribution in [0.1, 0.15) is 13.8 Å². The highest BCUT2D eigenvalue weighted by Crippen LogP contribution is 2.31. The van der Waals surface area contributed by atoms with Crippen molar-refractivity contribution in [1.82, 2.24) is 4.31 Å². The fourth-order valence-corrected chi connectivity index (χ4v) is 4.25. The summed E-state index contributed by atoms with van der Waals surface area (Å²) in [7, 11) is -3.52. The number of hydrogen-bond donors (Lipinski definition) is 1. The van der Waals surface area contributed by atoms with Crippen LogP contribution in [0.3, 0.4) is 0 Å². The third-order valence-corrected chi connectivity index (χ3v) is 6.33. The highest BCUT2D eigenvalue weighted by Gasteiger charge is 2.27. The number of nitrogens with one attached hydrogen (secondary N) is 1. The Kier molecular flexibility index (Phi) is 5.67. The number of fused-ring (bicyclic) bond motifs is 1. The lowest BCUT2D eigenvalue weighted by molar-refractivity contribution is -0.125. The summed E-state index contributed by atoms with van der Waals surface area (Å²) in [6.07, 6.45) is -0.779. The molecule has 144 valence electrons. The topological polar surface area (TPSA) is 84.9 Å². The normalized spacial score (nSPS) is 16.2. The Bertz CT molecular complexity index is 908. The van der Waals surface area contributed by atoms with Crippen molar-refractivity contribution in [2.24, 2.45) is 0 Å². The summed E-state index contributed by atoms with van der Waals surface area (Å²) in [6, 6.07) is 13.2. The Labute approximate surface area is 158 Å². The molecule has 0 fully saturated rings. The Balaban J connectivity index is 1.68. The van der Waals surface area contributed by atoms with Gasteiger partial charge >= 0.3 is 0 Å². The lowest BCUT2D eigenvalue weighted by Crippen LogP contribution is -2.40. The third kappa shape index (κ3) is 4.06. The van der Waals surface area contributed by atoms with Crippen LogP contribution in [0, 0.1) is 0 Å². The van der Waals surface area contributed by atoms with Crippen LogP contribution in [0.5, 0.6) is 11.5 Å². The maximum absolute atomic E-state index is 12.5. The first-order valence-electron chi connectivity index (χ1n) is 8.75. The van der Waals surface area contributed by atoms with Crippen LogP contribution >= 0.6 is 0 Å². The molecule has 8 heteroatoms. The van der Waals surface area contributed by atoms with Gasteiger partial charge < -0.3 is 14.8 Å². The summed E-state index contributed by atoms with van der Waals surface area (Å²) in [6.45, 7) is 4.49. The number of para-hydroxylation sites is 2. The van der Waals surface area contributed by atoms with Crippen molar-refractivity contribution in [3.63, 3.8) is 0 Å². The zero-order chi connectivity index (χ0) is 19.4. The predicted octanol–water partition coefficient (Wildman–Crippen LogP) is 2.50. The van der Waals surface area contributed by atoms with Gasteiger partial charge in [0.05, 0.1) is 4.90 Å². The van der Waals surface area contributed by atoms with E-state index >= 15 is 0 Å². The zero-order valence-electron chi connectivity index (χ0n) is 15.2. The molecule has 0 saturated heterocycles. The van der Waals surface area contributed by atoms with Gasteiger partial charge in [0.25, 0.3) is 5.91 Å². The van der Waals surface area contributed by atoms with E-state index in [9.17, 15) is 13.2 Å². The fraction of sp³-hybridized carbons (Fsp3) is 0.316. The van der Waals surface area contributed by atoms with Crippen LogP contribution in [-0.2, 0) is 14.8 Å². The summed E-state index contributed by atoms with van der Waals surface area (Å²) >= 11 is 0. The molecule has 1 aliphatic rings. The SMILES string of the molecule is CCN(CC)S(=O)(=O)c1ccc(NC(=O)[C@@H]2COc3ccccc3O2)cc1. The maximum Gasteiger partial charge on any atom is 0.269 e. The molecule has 0 bridgehead atoms. The van der Waals surface area contributed by atoms with Crippen LogP contribution in [0.2, 0.25) is 0 Å². The average molecular weight is 390 g/mol. The molecule has 0 saturated carbocycles. The van der Waals surface area contributed by atoms with Gasteiger partial charge in [-0.1, -0.05) is 26.0 Å². The Morgan fingerprint density at radius 1 is 1.07 bits per heavy atom. The molecule has 1 atom stereocenters. The summed E-state index contributed by atoms with van der Waals surface area (Å²) < 4.78 is 37.6. The first-order valence-corrected chi connectivity index (χ1v) is 10.2. The van der Waals surface area contributed by atoms with E-state index in [-0.39, 0.29) is 17.4 Å². The molecule has 7 nitrogen and oxygen atoms in total. The predicted molar refractivity (Wildman–Crippen MR) is 102 cm³/mol. The Morgan fingerprint density at radius 3 is 2.33 bits per heavy atom. The average Bonchev–Trinajstić information content (AvgIpc) is 2.68. The Hall–Kier alpha value is -2.58. The van der Waals surface area contributed by atoms with Crippen molar-refractivity contribution in [3.05, 3.63) is 48.5 Å². The van der Waals surface area contributed by atoms with Gasteiger partial charge in [-0.15, -0.1) is 0 Å². The Morgan fingerprint density at radius 2 is 1.70 bits per heavy atom. The zero-order valence-corrected chi connectivity index (χ0v) is 16.0. The van der Waals surface area contributed by atoms with Crippen LogP contribution in [0.25, 0.3) is 0 Å². The van der Waals surface area contributed by atoms with Crippen molar-refractivity contribution in [2.75, 3.05) is 25.0 Å². The summed E-state index contributed by atoms with van der Waals surface area (Å²) in [5.74, 6) is 0.765.